The van der Waals surface area contributed by atoms with Gasteiger partial charge in [-0.2, -0.15) is 0 Å². The van der Waals surface area contributed by atoms with E-state index in [0.717, 1.165) is 0 Å². The van der Waals surface area contributed by atoms with Crippen molar-refractivity contribution in [2.45, 2.75) is 0 Å². The van der Waals surface area contributed by atoms with Crippen LogP contribution in [0.3, 0.4) is 0 Å². The molecule has 0 saturated carbocycles. The Morgan fingerprint density at radius 3 is 2.15 bits per heavy atom. The highest BCUT2D eigenvalue weighted by Crippen LogP contribution is 2.04. The van der Waals surface area contributed by atoms with E-state index in [-0.39, 0.29) is 0 Å². The van der Waals surface area contributed by atoms with Crippen LogP contribution in [0.5, 0.6) is 0 Å². The van der Waals surface area contributed by atoms with Crippen LogP contribution in [-0.4, -0.2) is 25.9 Å². The van der Waals surface area contributed by atoms with E-state index in [9.17, 15) is 4.21 Å². The molecule has 0 amide bonds. The molecule has 0 fully saturated rings. The van der Waals surface area contributed by atoms with Crippen LogP contribution in [0.15, 0.2) is 24.3 Å². The van der Waals surface area contributed by atoms with Gasteiger partial charge in [-0.15, -0.1) is 0 Å². The summed E-state index contributed by atoms with van der Waals surface area (Å²) < 4.78 is 21.0. The molecule has 13 heavy (non-hydrogen) atoms. The second-order valence-electron chi connectivity index (χ2n) is 2.35. The normalized spacial score (nSPS) is 12.2. The van der Waals surface area contributed by atoms with Gasteiger partial charge in [0.1, 0.15) is 0 Å². The predicted octanol–water partition coefficient (Wildman–Crippen LogP) is -1.09. The second kappa shape index (κ2) is 4.38. The van der Waals surface area contributed by atoms with Gasteiger partial charge >= 0.3 is 7.12 Å². The Kier molecular flexibility index (Phi) is 3.43. The summed E-state index contributed by atoms with van der Waals surface area (Å²) in [6.07, 6.45) is 0. The average molecular weight is 201 g/mol. The number of nitrogens with one attached hydrogen (secondary N) is 1. The highest BCUT2D eigenvalue weighted by molar-refractivity contribution is 7.80. The number of hydrogen-bond donors (Lipinski definition) is 4. The van der Waals surface area contributed by atoms with Crippen LogP contribution in [0.1, 0.15) is 0 Å². The standard InChI is InChI=1S/C6H8BNO4S/c9-7(10)5-1-3-6(4-2-5)8-13(11)12/h1-4,8-10H,(H,11,12). The van der Waals surface area contributed by atoms with Gasteiger partial charge in [-0.1, -0.05) is 12.1 Å². The molecule has 0 aromatic heterocycles. The van der Waals surface area contributed by atoms with E-state index >= 15 is 0 Å². The van der Waals surface area contributed by atoms with E-state index in [1.807, 2.05) is 0 Å². The van der Waals surface area contributed by atoms with E-state index in [0.29, 0.717) is 11.2 Å². The Balaban J connectivity index is 2.75. The fourth-order valence-corrected chi connectivity index (χ4v) is 1.16. The maximum Gasteiger partial charge on any atom is 0.488 e. The van der Waals surface area contributed by atoms with Crippen LogP contribution >= 0.6 is 0 Å². The first-order valence-corrected chi connectivity index (χ1v) is 4.54. The highest BCUT2D eigenvalue weighted by Gasteiger charge is 2.09. The van der Waals surface area contributed by atoms with E-state index in [1.165, 1.54) is 24.3 Å². The SMILES string of the molecule is O=S(O)Nc1ccc(B(O)O)cc1. The predicted molar refractivity (Wildman–Crippen MR) is 50.7 cm³/mol. The van der Waals surface area contributed by atoms with Crippen molar-refractivity contribution in [2.24, 2.45) is 0 Å². The van der Waals surface area contributed by atoms with Crippen LogP contribution in [0.4, 0.5) is 5.69 Å². The zero-order valence-corrected chi connectivity index (χ0v) is 7.36. The van der Waals surface area contributed by atoms with Crippen molar-refractivity contribution < 1.29 is 18.8 Å². The summed E-state index contributed by atoms with van der Waals surface area (Å²) in [5.74, 6) is 0. The summed E-state index contributed by atoms with van der Waals surface area (Å²) in [5, 5.41) is 17.4. The van der Waals surface area contributed by atoms with Gasteiger partial charge in [0.2, 0.25) is 0 Å². The van der Waals surface area contributed by atoms with Gasteiger partial charge in [0.05, 0.1) is 0 Å². The van der Waals surface area contributed by atoms with Crippen molar-refractivity contribution in [3.05, 3.63) is 24.3 Å². The van der Waals surface area contributed by atoms with E-state index < -0.39 is 18.4 Å². The van der Waals surface area contributed by atoms with Crippen molar-refractivity contribution in [1.82, 2.24) is 0 Å². The Hall–Kier alpha value is -0.885. The molecule has 1 aromatic rings. The average Bonchev–Trinajstić information content (AvgIpc) is 2.04. The lowest BCUT2D eigenvalue weighted by Gasteiger charge is -2.02. The van der Waals surface area contributed by atoms with E-state index in [2.05, 4.69) is 4.72 Å². The van der Waals surface area contributed by atoms with Gasteiger partial charge in [-0.3, -0.25) is 9.27 Å². The Morgan fingerprint density at radius 2 is 1.77 bits per heavy atom. The molecule has 4 N–H and O–H groups in total. The molecule has 1 rings (SSSR count). The highest BCUT2D eigenvalue weighted by atomic mass is 32.2. The third kappa shape index (κ3) is 3.15. The molecule has 0 radical (unpaired) electrons. The molecular weight excluding hydrogens is 193 g/mol. The summed E-state index contributed by atoms with van der Waals surface area (Å²) in [4.78, 5) is 0. The van der Waals surface area contributed by atoms with Crippen LogP contribution in [-0.2, 0) is 11.3 Å². The van der Waals surface area contributed by atoms with Gasteiger partial charge < -0.3 is 10.0 Å². The lowest BCUT2D eigenvalue weighted by Crippen LogP contribution is -2.29. The topological polar surface area (TPSA) is 89.8 Å². The third-order valence-corrected chi connectivity index (χ3v) is 1.82. The molecule has 0 aliphatic heterocycles. The largest absolute Gasteiger partial charge is 0.488 e. The van der Waals surface area contributed by atoms with Crippen LogP contribution in [0.2, 0.25) is 0 Å². The zero-order chi connectivity index (χ0) is 9.84. The van der Waals surface area contributed by atoms with Crippen molar-refractivity contribution >= 4 is 29.5 Å². The summed E-state index contributed by atoms with van der Waals surface area (Å²) in [6.45, 7) is 0. The fraction of sp³-hybridized carbons (Fsp3) is 0. The van der Waals surface area contributed by atoms with Crippen molar-refractivity contribution in [2.75, 3.05) is 4.72 Å². The van der Waals surface area contributed by atoms with Gasteiger partial charge in [0, 0.05) is 5.69 Å². The molecule has 1 unspecified atom stereocenters. The molecule has 0 aliphatic rings. The summed E-state index contributed by atoms with van der Waals surface area (Å²) in [5.41, 5.74) is 0.763. The molecule has 1 atom stereocenters. The molecular formula is C6H8BNO4S. The molecule has 0 heterocycles. The number of anilines is 1. The monoisotopic (exact) mass is 201 g/mol. The third-order valence-electron chi connectivity index (χ3n) is 1.41. The Bertz CT molecular complexity index is 302. The summed E-state index contributed by atoms with van der Waals surface area (Å²) in [7, 11) is -1.52. The van der Waals surface area contributed by atoms with Crippen molar-refractivity contribution in [1.29, 1.82) is 0 Å². The van der Waals surface area contributed by atoms with Crippen LogP contribution in [0.25, 0.3) is 0 Å². The van der Waals surface area contributed by atoms with Gasteiger partial charge in [0.25, 0.3) is 11.3 Å². The summed E-state index contributed by atoms with van der Waals surface area (Å²) in [6, 6.07) is 5.84. The van der Waals surface area contributed by atoms with Crippen LogP contribution < -0.4 is 10.2 Å². The summed E-state index contributed by atoms with van der Waals surface area (Å²) >= 11 is -2.11. The second-order valence-corrected chi connectivity index (χ2v) is 3.05. The van der Waals surface area contributed by atoms with Gasteiger partial charge in [-0.25, -0.2) is 4.21 Å². The molecule has 0 bridgehead atoms. The van der Waals surface area contributed by atoms with Gasteiger partial charge in [-0.05, 0) is 17.6 Å². The van der Waals surface area contributed by atoms with Gasteiger partial charge in [0.15, 0.2) is 0 Å². The lowest BCUT2D eigenvalue weighted by atomic mass is 9.80. The molecule has 70 valence electrons. The van der Waals surface area contributed by atoms with Crippen molar-refractivity contribution in [3.8, 4) is 0 Å². The fourth-order valence-electron chi connectivity index (χ4n) is 0.824. The van der Waals surface area contributed by atoms with E-state index in [4.69, 9.17) is 14.6 Å². The number of rotatable bonds is 3. The first-order chi connectivity index (χ1) is 6.09. The Labute approximate surface area is 78.0 Å². The molecule has 0 aliphatic carbocycles. The number of benzene rings is 1. The Morgan fingerprint density at radius 1 is 1.23 bits per heavy atom. The maximum absolute atomic E-state index is 10.3. The minimum atomic E-state index is -2.11. The molecule has 1 aromatic carbocycles. The van der Waals surface area contributed by atoms with E-state index in [1.54, 1.807) is 0 Å². The molecule has 7 heteroatoms. The molecule has 0 saturated heterocycles. The zero-order valence-electron chi connectivity index (χ0n) is 6.54. The quantitative estimate of drug-likeness (QED) is 0.369. The first kappa shape index (κ1) is 10.2. The maximum atomic E-state index is 10.3. The minimum Gasteiger partial charge on any atom is -0.423 e. The minimum absolute atomic E-state index is 0.328. The molecule has 5 nitrogen and oxygen atoms in total. The van der Waals surface area contributed by atoms with Crippen LogP contribution in [0, 0.1) is 0 Å². The molecule has 0 spiro atoms. The van der Waals surface area contributed by atoms with Crippen molar-refractivity contribution in [3.63, 3.8) is 0 Å². The lowest BCUT2D eigenvalue weighted by molar-refractivity contribution is 0.426. The number of hydrogen-bond acceptors (Lipinski definition) is 3. The first-order valence-electron chi connectivity index (χ1n) is 3.43. The smallest absolute Gasteiger partial charge is 0.423 e.